The number of hydrogen-bond donors (Lipinski definition) is 1. The van der Waals surface area contributed by atoms with Crippen molar-refractivity contribution in [1.82, 2.24) is 5.01 Å². The normalized spacial score (nSPS) is 20.0. The van der Waals surface area contributed by atoms with E-state index in [9.17, 15) is 33.2 Å². The molecule has 1 amide bonds. The Morgan fingerprint density at radius 2 is 2.04 bits per heavy atom. The molecule has 11 heteroatoms. The van der Waals surface area contributed by atoms with Crippen molar-refractivity contribution in [3.05, 3.63) is 34.4 Å². The van der Waals surface area contributed by atoms with Gasteiger partial charge >= 0.3 is 6.18 Å². The third-order valence-corrected chi connectivity index (χ3v) is 3.68. The Bertz CT molecular complexity index is 720. The molecule has 8 nitrogen and oxygen atoms in total. The largest absolute Gasteiger partial charge is 0.484 e. The Labute approximate surface area is 146 Å². The Balaban J connectivity index is 2.11. The highest BCUT2D eigenvalue weighted by Crippen LogP contribution is 2.40. The molecule has 26 heavy (non-hydrogen) atoms. The highest BCUT2D eigenvalue weighted by molar-refractivity contribution is 5.91. The van der Waals surface area contributed by atoms with E-state index in [1.54, 1.807) is 6.92 Å². The summed E-state index contributed by atoms with van der Waals surface area (Å²) in [5.74, 6) is -1.13. The van der Waals surface area contributed by atoms with Crippen LogP contribution in [-0.4, -0.2) is 45.2 Å². The lowest BCUT2D eigenvalue weighted by molar-refractivity contribution is -0.384. The van der Waals surface area contributed by atoms with E-state index in [2.05, 4.69) is 5.10 Å². The van der Waals surface area contributed by atoms with Gasteiger partial charge in [-0.1, -0.05) is 13.3 Å². The first kappa shape index (κ1) is 19.6. The van der Waals surface area contributed by atoms with Crippen LogP contribution in [-0.2, 0) is 4.79 Å². The van der Waals surface area contributed by atoms with Crippen LogP contribution in [0.3, 0.4) is 0 Å². The number of nitrogens with zero attached hydrogens (tertiary/aromatic N) is 3. The fourth-order valence-corrected chi connectivity index (χ4v) is 2.40. The summed E-state index contributed by atoms with van der Waals surface area (Å²) in [7, 11) is 0. The molecule has 1 atom stereocenters. The summed E-state index contributed by atoms with van der Waals surface area (Å²) in [6.07, 6.45) is -5.18. The molecule has 0 aromatic heterocycles. The van der Waals surface area contributed by atoms with Gasteiger partial charge in [0.05, 0.1) is 4.92 Å². The molecule has 1 aliphatic heterocycles. The maximum absolute atomic E-state index is 13.2. The minimum absolute atomic E-state index is 0.00336. The van der Waals surface area contributed by atoms with Crippen molar-refractivity contribution in [3.63, 3.8) is 0 Å². The number of hydrogen-bond acceptors (Lipinski definition) is 6. The number of benzene rings is 1. The van der Waals surface area contributed by atoms with Gasteiger partial charge in [-0.25, -0.2) is 0 Å². The minimum atomic E-state index is -5.09. The molecule has 1 aliphatic rings. The van der Waals surface area contributed by atoms with Crippen molar-refractivity contribution >= 4 is 17.3 Å². The van der Waals surface area contributed by atoms with Crippen LogP contribution in [0.1, 0.15) is 26.2 Å². The molecule has 0 saturated heterocycles. The highest BCUT2D eigenvalue weighted by atomic mass is 19.4. The maximum Gasteiger partial charge on any atom is 0.438 e. The van der Waals surface area contributed by atoms with Crippen LogP contribution in [0.5, 0.6) is 5.75 Å². The second-order valence-corrected chi connectivity index (χ2v) is 5.65. The number of halogens is 3. The van der Waals surface area contributed by atoms with Crippen molar-refractivity contribution in [3.8, 4) is 5.75 Å². The van der Waals surface area contributed by atoms with Crippen LogP contribution in [0.4, 0.5) is 18.9 Å². The summed E-state index contributed by atoms with van der Waals surface area (Å²) in [4.78, 5) is 22.1. The maximum atomic E-state index is 13.2. The fourth-order valence-electron chi connectivity index (χ4n) is 2.40. The molecular weight excluding hydrogens is 359 g/mol. The van der Waals surface area contributed by atoms with Crippen molar-refractivity contribution in [2.24, 2.45) is 5.10 Å². The van der Waals surface area contributed by atoms with Gasteiger partial charge in [-0.3, -0.25) is 14.9 Å². The van der Waals surface area contributed by atoms with E-state index in [-0.39, 0.29) is 28.6 Å². The highest BCUT2D eigenvalue weighted by Gasteiger charge is 2.63. The minimum Gasteiger partial charge on any atom is -0.484 e. The van der Waals surface area contributed by atoms with Crippen LogP contribution in [0.2, 0.25) is 0 Å². The van der Waals surface area contributed by atoms with E-state index >= 15 is 0 Å². The summed E-state index contributed by atoms with van der Waals surface area (Å²) in [5, 5.41) is 24.2. The molecule has 0 fully saturated rings. The molecule has 0 radical (unpaired) electrons. The number of non-ortho nitro benzene ring substituents is 1. The molecule has 1 aromatic rings. The van der Waals surface area contributed by atoms with Gasteiger partial charge in [-0.2, -0.15) is 23.3 Å². The lowest BCUT2D eigenvalue weighted by Gasteiger charge is -2.32. The summed E-state index contributed by atoms with van der Waals surface area (Å²) in [6.45, 7) is 0.913. The van der Waals surface area contributed by atoms with Crippen LogP contribution >= 0.6 is 0 Å². The molecule has 0 spiro atoms. The molecule has 0 unspecified atom stereocenters. The second-order valence-electron chi connectivity index (χ2n) is 5.65. The molecule has 0 bridgehead atoms. The number of carbonyl (C=O) groups excluding carboxylic acids is 1. The number of rotatable bonds is 6. The van der Waals surface area contributed by atoms with Gasteiger partial charge in [-0.05, 0) is 18.6 Å². The van der Waals surface area contributed by atoms with Gasteiger partial charge in [0.1, 0.15) is 5.75 Å². The van der Waals surface area contributed by atoms with E-state index in [0.29, 0.717) is 6.42 Å². The molecule has 1 heterocycles. The Kier molecular flexibility index (Phi) is 5.50. The standard InChI is InChI=1S/C15H16F3N3O5/c1-2-3-10-8-14(23,15(16,17)18)20(19-10)13(22)9-26-12-6-4-11(5-7-12)21(24)25/h4-7,23H,2-3,8-9H2,1H3/t14-/m0/s1. The average Bonchev–Trinajstić information content (AvgIpc) is 2.91. The monoisotopic (exact) mass is 375 g/mol. The van der Waals surface area contributed by atoms with Gasteiger partial charge in [-0.15, -0.1) is 0 Å². The smallest absolute Gasteiger partial charge is 0.438 e. The fraction of sp³-hybridized carbons (Fsp3) is 0.467. The summed E-state index contributed by atoms with van der Waals surface area (Å²) < 4.78 is 44.7. The number of hydrazone groups is 1. The quantitative estimate of drug-likeness (QED) is 0.608. The molecule has 1 N–H and O–H groups in total. The van der Waals surface area contributed by atoms with Crippen molar-refractivity contribution in [1.29, 1.82) is 0 Å². The SMILES string of the molecule is CCCC1=NN(C(=O)COc2ccc([N+](=O)[O-])cc2)[C@@](O)(C(F)(F)F)C1. The summed E-state index contributed by atoms with van der Waals surface area (Å²) in [5.41, 5.74) is -3.55. The van der Waals surface area contributed by atoms with Gasteiger partial charge in [0, 0.05) is 24.3 Å². The zero-order valence-corrected chi connectivity index (χ0v) is 13.7. The van der Waals surface area contributed by atoms with Crippen molar-refractivity contribution in [2.75, 3.05) is 6.61 Å². The Morgan fingerprint density at radius 3 is 2.54 bits per heavy atom. The molecule has 0 saturated carbocycles. The van der Waals surface area contributed by atoms with E-state index in [1.807, 2.05) is 0 Å². The number of aliphatic hydroxyl groups is 1. The van der Waals surface area contributed by atoms with Gasteiger partial charge in [0.15, 0.2) is 6.61 Å². The first-order valence-electron chi connectivity index (χ1n) is 7.64. The zero-order valence-electron chi connectivity index (χ0n) is 13.7. The van der Waals surface area contributed by atoms with Crippen LogP contribution in [0.15, 0.2) is 29.4 Å². The number of amides is 1. The first-order valence-corrected chi connectivity index (χ1v) is 7.64. The van der Waals surface area contributed by atoms with Gasteiger partial charge in [0.25, 0.3) is 17.3 Å². The Hall–Kier alpha value is -2.69. The third kappa shape index (κ3) is 3.93. The predicted molar refractivity (Wildman–Crippen MR) is 83.4 cm³/mol. The number of nitro benzene ring substituents is 1. The van der Waals surface area contributed by atoms with Crippen molar-refractivity contribution < 1.29 is 32.7 Å². The molecule has 1 aromatic carbocycles. The lowest BCUT2D eigenvalue weighted by atomic mass is 10.0. The van der Waals surface area contributed by atoms with E-state index in [1.165, 1.54) is 12.1 Å². The number of nitro groups is 1. The predicted octanol–water partition coefficient (Wildman–Crippen LogP) is 2.61. The van der Waals surface area contributed by atoms with Gasteiger partial charge < -0.3 is 9.84 Å². The number of carbonyl (C=O) groups is 1. The molecular formula is C15H16F3N3O5. The first-order chi connectivity index (χ1) is 12.1. The topological polar surface area (TPSA) is 105 Å². The van der Waals surface area contributed by atoms with Gasteiger partial charge in [0.2, 0.25) is 0 Å². The van der Waals surface area contributed by atoms with Crippen LogP contribution < -0.4 is 4.74 Å². The van der Waals surface area contributed by atoms with Crippen LogP contribution in [0.25, 0.3) is 0 Å². The zero-order chi connectivity index (χ0) is 19.5. The Morgan fingerprint density at radius 1 is 1.42 bits per heavy atom. The summed E-state index contributed by atoms with van der Waals surface area (Å²) >= 11 is 0. The molecule has 142 valence electrons. The van der Waals surface area contributed by atoms with Crippen molar-refractivity contribution in [2.45, 2.75) is 38.1 Å². The third-order valence-electron chi connectivity index (χ3n) is 3.68. The lowest BCUT2D eigenvalue weighted by Crippen LogP contribution is -2.57. The van der Waals surface area contributed by atoms with Crippen LogP contribution in [0, 0.1) is 10.1 Å². The summed E-state index contributed by atoms with van der Waals surface area (Å²) in [6, 6.07) is 4.66. The molecule has 2 rings (SSSR count). The van der Waals surface area contributed by atoms with E-state index < -0.39 is 35.8 Å². The second kappa shape index (κ2) is 7.28. The van der Waals surface area contributed by atoms with E-state index in [0.717, 1.165) is 12.1 Å². The number of alkyl halides is 3. The number of ether oxygens (including phenoxy) is 1. The average molecular weight is 375 g/mol. The molecule has 0 aliphatic carbocycles. The van der Waals surface area contributed by atoms with E-state index in [4.69, 9.17) is 4.74 Å².